The smallest absolute Gasteiger partial charge is 0.262 e. The minimum Gasteiger partial charge on any atom is -0.369 e. The summed E-state index contributed by atoms with van der Waals surface area (Å²) >= 11 is 0. The van der Waals surface area contributed by atoms with Gasteiger partial charge in [0.1, 0.15) is 5.92 Å². The van der Waals surface area contributed by atoms with Gasteiger partial charge < -0.3 is 9.64 Å². The molecular weight excluding hydrogens is 296 g/mol. The van der Waals surface area contributed by atoms with Crippen LogP contribution in [0.2, 0.25) is 0 Å². The van der Waals surface area contributed by atoms with Crippen molar-refractivity contribution in [1.29, 1.82) is 0 Å². The van der Waals surface area contributed by atoms with Crippen LogP contribution in [0, 0.1) is 5.92 Å². The lowest BCUT2D eigenvalue weighted by atomic mass is 9.86. The summed E-state index contributed by atoms with van der Waals surface area (Å²) in [4.78, 5) is 42.8. The number of morpholine rings is 1. The van der Waals surface area contributed by atoms with Gasteiger partial charge in [0, 0.05) is 25.1 Å². The zero-order valence-electron chi connectivity index (χ0n) is 13.8. The maximum Gasteiger partial charge on any atom is 0.262 e. The van der Waals surface area contributed by atoms with Gasteiger partial charge in [-0.05, 0) is 33.6 Å². The van der Waals surface area contributed by atoms with Crippen LogP contribution in [0.1, 0.15) is 40.0 Å². The van der Waals surface area contributed by atoms with Crippen LogP contribution in [-0.4, -0.2) is 53.0 Å². The van der Waals surface area contributed by atoms with Crippen molar-refractivity contribution in [3.63, 3.8) is 0 Å². The average molecular weight is 318 g/mol. The van der Waals surface area contributed by atoms with E-state index in [-0.39, 0.29) is 17.8 Å². The fourth-order valence-corrected chi connectivity index (χ4v) is 3.59. The predicted octanol–water partition coefficient (Wildman–Crippen LogP) is 1.29. The molecule has 23 heavy (non-hydrogen) atoms. The second kappa shape index (κ2) is 5.67. The van der Waals surface area contributed by atoms with Crippen molar-refractivity contribution in [3.05, 3.63) is 11.6 Å². The molecule has 124 valence electrons. The van der Waals surface area contributed by atoms with E-state index in [1.807, 2.05) is 20.8 Å². The van der Waals surface area contributed by atoms with Crippen molar-refractivity contribution in [2.24, 2.45) is 10.9 Å². The van der Waals surface area contributed by atoms with Crippen LogP contribution >= 0.6 is 0 Å². The van der Waals surface area contributed by atoms with E-state index in [1.165, 1.54) is 6.08 Å². The number of ketones is 1. The highest BCUT2D eigenvalue weighted by molar-refractivity contribution is 6.28. The van der Waals surface area contributed by atoms with Crippen LogP contribution in [0.5, 0.6) is 0 Å². The van der Waals surface area contributed by atoms with Gasteiger partial charge in [-0.1, -0.05) is 6.08 Å². The maximum absolute atomic E-state index is 12.8. The molecule has 6 heteroatoms. The molecule has 2 atom stereocenters. The highest BCUT2D eigenvalue weighted by atomic mass is 16.5. The van der Waals surface area contributed by atoms with Gasteiger partial charge >= 0.3 is 0 Å². The zero-order chi connectivity index (χ0) is 16.8. The predicted molar refractivity (Wildman–Crippen MR) is 84.1 cm³/mol. The third-order valence-corrected chi connectivity index (χ3v) is 4.42. The Morgan fingerprint density at radius 3 is 2.78 bits per heavy atom. The molecule has 0 aromatic heterocycles. The van der Waals surface area contributed by atoms with Crippen molar-refractivity contribution in [3.8, 4) is 0 Å². The number of carbonyl (C=O) groups excluding carboxylic acids is 3. The lowest BCUT2D eigenvalue weighted by Gasteiger charge is -2.42. The van der Waals surface area contributed by atoms with Crippen LogP contribution in [0.3, 0.4) is 0 Å². The molecule has 3 rings (SSSR count). The number of dihydropyridines is 1. The topological polar surface area (TPSA) is 76.0 Å². The number of fused-ring (bicyclic) bond motifs is 1. The molecule has 0 N–H and O–H groups in total. The minimum absolute atomic E-state index is 0.0176. The number of amides is 2. The van der Waals surface area contributed by atoms with E-state index in [4.69, 9.17) is 4.74 Å². The van der Waals surface area contributed by atoms with Crippen molar-refractivity contribution in [2.75, 3.05) is 13.1 Å². The Morgan fingerprint density at radius 2 is 2.09 bits per heavy atom. The van der Waals surface area contributed by atoms with Gasteiger partial charge in [0.05, 0.1) is 17.4 Å². The number of nitrogens with zero attached hydrogens (tertiary/aromatic N) is 2. The second-order valence-electron chi connectivity index (χ2n) is 7.14. The summed E-state index contributed by atoms with van der Waals surface area (Å²) in [5.41, 5.74) is 0.563. The maximum atomic E-state index is 12.8. The van der Waals surface area contributed by atoms with Crippen LogP contribution in [0.15, 0.2) is 16.6 Å². The van der Waals surface area contributed by atoms with Crippen molar-refractivity contribution >= 4 is 23.3 Å². The lowest BCUT2D eigenvalue weighted by molar-refractivity contribution is -0.161. The Labute approximate surface area is 135 Å². The summed E-state index contributed by atoms with van der Waals surface area (Å²) in [6.07, 6.45) is 3.25. The molecule has 2 amide bonds. The number of aliphatic imine (C=N–C) groups is 1. The van der Waals surface area contributed by atoms with Crippen molar-refractivity contribution < 1.29 is 19.1 Å². The van der Waals surface area contributed by atoms with Gasteiger partial charge in [-0.15, -0.1) is 0 Å². The van der Waals surface area contributed by atoms with Crippen LogP contribution in [0.25, 0.3) is 0 Å². The molecule has 3 aliphatic rings. The first-order valence-corrected chi connectivity index (χ1v) is 8.10. The quantitative estimate of drug-likeness (QED) is 0.683. The SMILES string of the molecule is CC1CN(C(=O)C2C=C3C(=O)CCCC3=NC2=O)CC(C)(C)O1. The Hall–Kier alpha value is -1.82. The van der Waals surface area contributed by atoms with E-state index in [1.54, 1.807) is 4.90 Å². The molecule has 0 aromatic carbocycles. The van der Waals surface area contributed by atoms with Gasteiger partial charge in [-0.3, -0.25) is 14.4 Å². The summed E-state index contributed by atoms with van der Waals surface area (Å²) in [5, 5.41) is 0. The van der Waals surface area contributed by atoms with Gasteiger partial charge in [0.15, 0.2) is 5.78 Å². The Morgan fingerprint density at radius 1 is 1.35 bits per heavy atom. The molecule has 2 fully saturated rings. The van der Waals surface area contributed by atoms with E-state index in [9.17, 15) is 14.4 Å². The van der Waals surface area contributed by atoms with Crippen LogP contribution in [-0.2, 0) is 19.1 Å². The number of allylic oxidation sites excluding steroid dienone is 1. The van der Waals surface area contributed by atoms with Crippen LogP contribution in [0.4, 0.5) is 0 Å². The highest BCUT2D eigenvalue weighted by Crippen LogP contribution is 2.27. The number of hydrogen-bond acceptors (Lipinski definition) is 4. The Balaban J connectivity index is 1.84. The van der Waals surface area contributed by atoms with E-state index in [0.717, 1.165) is 6.42 Å². The average Bonchev–Trinajstić information content (AvgIpc) is 2.44. The summed E-state index contributed by atoms with van der Waals surface area (Å²) in [5.74, 6) is -1.74. The van der Waals surface area contributed by atoms with Crippen LogP contribution < -0.4 is 0 Å². The standard InChI is InChI=1S/C17H22N2O4/c1-10-8-19(9-17(2,3)23-10)16(22)12-7-11-13(18-15(12)21)5-4-6-14(11)20/h7,10,12H,4-6,8-9H2,1-3H3. The third-order valence-electron chi connectivity index (χ3n) is 4.42. The Bertz CT molecular complexity index is 633. The van der Waals surface area contributed by atoms with Gasteiger partial charge in [0.2, 0.25) is 5.91 Å². The third kappa shape index (κ3) is 3.13. The number of ether oxygens (including phenoxy) is 1. The molecule has 2 aliphatic heterocycles. The zero-order valence-corrected chi connectivity index (χ0v) is 13.8. The molecule has 0 spiro atoms. The van der Waals surface area contributed by atoms with Crippen molar-refractivity contribution in [2.45, 2.75) is 51.7 Å². The summed E-state index contributed by atoms with van der Waals surface area (Å²) in [6.45, 7) is 6.62. The molecule has 0 aromatic rings. The molecule has 0 radical (unpaired) electrons. The van der Waals surface area contributed by atoms with E-state index in [0.29, 0.717) is 37.2 Å². The summed E-state index contributed by atoms with van der Waals surface area (Å²) < 4.78 is 5.80. The largest absolute Gasteiger partial charge is 0.369 e. The van der Waals surface area contributed by atoms with Crippen molar-refractivity contribution in [1.82, 2.24) is 4.90 Å². The fourth-order valence-electron chi connectivity index (χ4n) is 3.59. The van der Waals surface area contributed by atoms with E-state index < -0.39 is 17.4 Å². The molecule has 2 unspecified atom stereocenters. The second-order valence-corrected chi connectivity index (χ2v) is 7.14. The molecule has 1 saturated carbocycles. The first-order chi connectivity index (χ1) is 10.8. The highest BCUT2D eigenvalue weighted by Gasteiger charge is 2.40. The molecule has 0 bridgehead atoms. The van der Waals surface area contributed by atoms with E-state index >= 15 is 0 Å². The summed E-state index contributed by atoms with van der Waals surface area (Å²) in [7, 11) is 0. The first kappa shape index (κ1) is 16.1. The molecular formula is C17H22N2O4. The molecule has 1 saturated heterocycles. The van der Waals surface area contributed by atoms with Gasteiger partial charge in [-0.2, -0.15) is 0 Å². The molecule has 1 aliphatic carbocycles. The van der Waals surface area contributed by atoms with Gasteiger partial charge in [-0.25, -0.2) is 4.99 Å². The first-order valence-electron chi connectivity index (χ1n) is 8.10. The van der Waals surface area contributed by atoms with Gasteiger partial charge in [0.25, 0.3) is 5.91 Å². The molecule has 2 heterocycles. The lowest BCUT2D eigenvalue weighted by Crippen LogP contribution is -2.55. The number of carbonyl (C=O) groups is 3. The Kier molecular flexibility index (Phi) is 3.96. The number of rotatable bonds is 1. The number of hydrogen-bond donors (Lipinski definition) is 0. The fraction of sp³-hybridized carbons (Fsp3) is 0.647. The number of Topliss-reactive ketones (excluding diaryl/α,β-unsaturated/α-hetero) is 1. The van der Waals surface area contributed by atoms with E-state index in [2.05, 4.69) is 4.99 Å². The normalized spacial score (nSPS) is 30.5. The summed E-state index contributed by atoms with van der Waals surface area (Å²) in [6, 6.07) is 0. The minimum atomic E-state index is -0.975. The monoisotopic (exact) mass is 318 g/mol. The molecule has 6 nitrogen and oxygen atoms in total.